The van der Waals surface area contributed by atoms with Crippen LogP contribution in [-0.2, 0) is 5.41 Å². The lowest BCUT2D eigenvalue weighted by atomic mass is 9.91. The van der Waals surface area contributed by atoms with Crippen molar-refractivity contribution >= 4 is 5.52 Å². The van der Waals surface area contributed by atoms with Crippen molar-refractivity contribution in [3.8, 4) is 0 Å². The van der Waals surface area contributed by atoms with Crippen molar-refractivity contribution in [3.05, 3.63) is 24.3 Å². The lowest BCUT2D eigenvalue weighted by Gasteiger charge is -2.14. The summed E-state index contributed by atoms with van der Waals surface area (Å²) in [7, 11) is 0. The monoisotopic (exact) mass is 176 g/mol. The molecule has 0 saturated heterocycles. The number of hydrogen-bond donors (Lipinski definition) is 0. The van der Waals surface area contributed by atoms with Crippen LogP contribution in [0.5, 0.6) is 0 Å². The van der Waals surface area contributed by atoms with Gasteiger partial charge >= 0.3 is 0 Å². The summed E-state index contributed by atoms with van der Waals surface area (Å²) in [6, 6.07) is 1.93. The third-order valence-electron chi connectivity index (χ3n) is 1.94. The predicted molar refractivity (Wildman–Crippen MR) is 49.5 cm³/mol. The van der Waals surface area contributed by atoms with Gasteiger partial charge in [-0.25, -0.2) is 9.50 Å². The van der Waals surface area contributed by atoms with E-state index in [4.69, 9.17) is 0 Å². The van der Waals surface area contributed by atoms with Crippen LogP contribution in [-0.4, -0.2) is 19.8 Å². The Morgan fingerprint density at radius 3 is 2.77 bits per heavy atom. The van der Waals surface area contributed by atoms with Crippen LogP contribution in [0.15, 0.2) is 18.6 Å². The van der Waals surface area contributed by atoms with Gasteiger partial charge in [-0.05, 0) is 6.07 Å². The van der Waals surface area contributed by atoms with Crippen LogP contribution in [0.2, 0.25) is 0 Å². The molecule has 4 nitrogen and oxygen atoms in total. The zero-order chi connectivity index (χ0) is 9.47. The molecule has 0 aliphatic heterocycles. The fourth-order valence-electron chi connectivity index (χ4n) is 1.29. The first kappa shape index (κ1) is 8.16. The number of rotatable bonds is 0. The summed E-state index contributed by atoms with van der Waals surface area (Å²) in [5, 5.41) is 8.13. The molecule has 2 aromatic heterocycles. The fraction of sp³-hybridized carbons (Fsp3) is 0.444. The molecule has 2 aromatic rings. The smallest absolute Gasteiger partial charge is 0.119 e. The standard InChI is InChI=1S/C9H12N4/c1-9(2,3)8-7-4-5-10-6-13(7)12-11-8/h4-6H,1-3H3. The van der Waals surface area contributed by atoms with Gasteiger partial charge in [-0.1, -0.05) is 26.0 Å². The zero-order valence-electron chi connectivity index (χ0n) is 8.02. The van der Waals surface area contributed by atoms with E-state index >= 15 is 0 Å². The lowest BCUT2D eigenvalue weighted by Crippen LogP contribution is -2.12. The predicted octanol–water partition coefficient (Wildman–Crippen LogP) is 1.42. The Morgan fingerprint density at radius 1 is 1.31 bits per heavy atom. The van der Waals surface area contributed by atoms with E-state index in [0.29, 0.717) is 0 Å². The minimum atomic E-state index is 0.0309. The maximum atomic E-state index is 4.14. The summed E-state index contributed by atoms with van der Waals surface area (Å²) in [5.74, 6) is 0. The van der Waals surface area contributed by atoms with Gasteiger partial charge in [-0.3, -0.25) is 0 Å². The highest BCUT2D eigenvalue weighted by molar-refractivity contribution is 5.52. The van der Waals surface area contributed by atoms with Crippen molar-refractivity contribution < 1.29 is 0 Å². The van der Waals surface area contributed by atoms with E-state index in [1.165, 1.54) is 0 Å². The highest BCUT2D eigenvalue weighted by atomic mass is 15.4. The molecule has 0 unspecified atom stereocenters. The molecule has 0 radical (unpaired) electrons. The highest BCUT2D eigenvalue weighted by Crippen LogP contribution is 2.23. The summed E-state index contributed by atoms with van der Waals surface area (Å²) in [6.45, 7) is 6.37. The third-order valence-corrected chi connectivity index (χ3v) is 1.94. The van der Waals surface area contributed by atoms with Crippen molar-refractivity contribution in [2.24, 2.45) is 0 Å². The van der Waals surface area contributed by atoms with Gasteiger partial charge in [0.15, 0.2) is 0 Å². The molecule has 4 heteroatoms. The molecule has 2 heterocycles. The van der Waals surface area contributed by atoms with Gasteiger partial charge in [0.05, 0.1) is 11.2 Å². The minimum Gasteiger partial charge on any atom is -0.245 e. The Balaban J connectivity index is 2.72. The molecule has 68 valence electrons. The molecule has 0 saturated carbocycles. The third kappa shape index (κ3) is 1.28. The maximum Gasteiger partial charge on any atom is 0.119 e. The molecular formula is C9H12N4. The number of aromatic nitrogens is 4. The molecule has 0 spiro atoms. The minimum absolute atomic E-state index is 0.0309. The van der Waals surface area contributed by atoms with Gasteiger partial charge in [-0.15, -0.1) is 5.10 Å². The average Bonchev–Trinajstić information content (AvgIpc) is 2.45. The van der Waals surface area contributed by atoms with Crippen LogP contribution in [0.25, 0.3) is 5.52 Å². The Hall–Kier alpha value is -1.45. The number of hydrogen-bond acceptors (Lipinski definition) is 3. The van der Waals surface area contributed by atoms with Crippen LogP contribution < -0.4 is 0 Å². The van der Waals surface area contributed by atoms with Gasteiger partial charge in [-0.2, -0.15) is 0 Å². The van der Waals surface area contributed by atoms with Crippen molar-refractivity contribution in [1.82, 2.24) is 19.8 Å². The molecule has 0 N–H and O–H groups in total. The first-order valence-electron chi connectivity index (χ1n) is 4.24. The van der Waals surface area contributed by atoms with Gasteiger partial charge in [0.2, 0.25) is 0 Å². The second kappa shape index (κ2) is 2.52. The van der Waals surface area contributed by atoms with E-state index in [-0.39, 0.29) is 5.41 Å². The number of fused-ring (bicyclic) bond motifs is 1. The molecule has 0 amide bonds. The summed E-state index contributed by atoms with van der Waals surface area (Å²) in [6.07, 6.45) is 3.42. The average molecular weight is 176 g/mol. The maximum absolute atomic E-state index is 4.14. The van der Waals surface area contributed by atoms with Crippen LogP contribution in [0, 0.1) is 0 Å². The molecule has 0 fully saturated rings. The zero-order valence-corrected chi connectivity index (χ0v) is 8.02. The van der Waals surface area contributed by atoms with E-state index in [9.17, 15) is 0 Å². The molecule has 0 atom stereocenters. The summed E-state index contributed by atoms with van der Waals surface area (Å²) < 4.78 is 1.70. The fourth-order valence-corrected chi connectivity index (χ4v) is 1.29. The van der Waals surface area contributed by atoms with E-state index in [0.717, 1.165) is 11.2 Å². The van der Waals surface area contributed by atoms with Crippen molar-refractivity contribution in [3.63, 3.8) is 0 Å². The molecule has 0 aliphatic rings. The Morgan fingerprint density at radius 2 is 2.08 bits per heavy atom. The van der Waals surface area contributed by atoms with E-state index in [2.05, 4.69) is 36.1 Å². The Bertz CT molecular complexity index is 424. The Labute approximate surface area is 76.6 Å². The number of nitrogens with zero attached hydrogens (tertiary/aromatic N) is 4. The topological polar surface area (TPSA) is 43.1 Å². The van der Waals surface area contributed by atoms with Crippen LogP contribution in [0.1, 0.15) is 26.5 Å². The Kier molecular flexibility index (Phi) is 1.58. The first-order chi connectivity index (χ1) is 6.09. The summed E-state index contributed by atoms with van der Waals surface area (Å²) >= 11 is 0. The van der Waals surface area contributed by atoms with Crippen molar-refractivity contribution in [1.29, 1.82) is 0 Å². The van der Waals surface area contributed by atoms with Gasteiger partial charge in [0.25, 0.3) is 0 Å². The molecule has 13 heavy (non-hydrogen) atoms. The van der Waals surface area contributed by atoms with Crippen molar-refractivity contribution in [2.45, 2.75) is 26.2 Å². The highest BCUT2D eigenvalue weighted by Gasteiger charge is 2.20. The van der Waals surface area contributed by atoms with Gasteiger partial charge < -0.3 is 0 Å². The summed E-state index contributed by atoms with van der Waals surface area (Å²) in [4.78, 5) is 3.97. The van der Waals surface area contributed by atoms with Crippen LogP contribution in [0.3, 0.4) is 0 Å². The van der Waals surface area contributed by atoms with Crippen LogP contribution >= 0.6 is 0 Å². The van der Waals surface area contributed by atoms with Gasteiger partial charge in [0, 0.05) is 11.6 Å². The second-order valence-electron chi connectivity index (χ2n) is 4.10. The summed E-state index contributed by atoms with van der Waals surface area (Å²) in [5.41, 5.74) is 2.07. The lowest BCUT2D eigenvalue weighted by molar-refractivity contribution is 0.571. The van der Waals surface area contributed by atoms with E-state index in [1.807, 2.05) is 6.07 Å². The van der Waals surface area contributed by atoms with Gasteiger partial charge in [0.1, 0.15) is 6.33 Å². The van der Waals surface area contributed by atoms with Crippen molar-refractivity contribution in [2.75, 3.05) is 0 Å². The normalized spacial score (nSPS) is 12.2. The molecule has 0 aliphatic carbocycles. The van der Waals surface area contributed by atoms with E-state index in [1.54, 1.807) is 17.0 Å². The molecular weight excluding hydrogens is 164 g/mol. The van der Waals surface area contributed by atoms with Crippen LogP contribution in [0.4, 0.5) is 0 Å². The van der Waals surface area contributed by atoms with E-state index < -0.39 is 0 Å². The quantitative estimate of drug-likeness (QED) is 0.609. The molecule has 0 bridgehead atoms. The SMILES string of the molecule is CC(C)(C)c1nnn2cnccc12. The molecule has 2 rings (SSSR count). The second-order valence-corrected chi connectivity index (χ2v) is 4.10. The first-order valence-corrected chi connectivity index (χ1v) is 4.24. The largest absolute Gasteiger partial charge is 0.245 e. The molecule has 0 aromatic carbocycles.